The highest BCUT2D eigenvalue weighted by atomic mass is 19.1. The average molecular weight is 252 g/mol. The van der Waals surface area contributed by atoms with E-state index in [1.54, 1.807) is 0 Å². The monoisotopic (exact) mass is 252 g/mol. The molecule has 1 saturated carbocycles. The van der Waals surface area contributed by atoms with E-state index in [9.17, 15) is 14.0 Å². The molecular weight excluding hydrogens is 239 g/mol. The molecule has 1 aromatic rings. The summed E-state index contributed by atoms with van der Waals surface area (Å²) in [6.45, 7) is -0.404. The van der Waals surface area contributed by atoms with Crippen molar-refractivity contribution in [3.63, 3.8) is 0 Å². The first-order valence-corrected chi connectivity index (χ1v) is 5.58. The smallest absolute Gasteiger partial charge is 0.341 e. The van der Waals surface area contributed by atoms with E-state index in [1.807, 2.05) is 0 Å². The second-order valence-electron chi connectivity index (χ2n) is 4.16. The molecule has 1 aliphatic carbocycles. The standard InChI is InChI=1S/C12H13FN2O3/c13-10-5-7(14)1-4-9(10)12(17)18-6-11(16)15-8-2-3-8/h1,4-5,8H,2-3,6,14H2,(H,15,16). The van der Waals surface area contributed by atoms with Gasteiger partial charge in [0.1, 0.15) is 5.82 Å². The predicted molar refractivity (Wildman–Crippen MR) is 62.3 cm³/mol. The fraction of sp³-hybridized carbons (Fsp3) is 0.333. The molecule has 0 aliphatic heterocycles. The van der Waals surface area contributed by atoms with E-state index in [0.717, 1.165) is 18.9 Å². The lowest BCUT2D eigenvalue weighted by Crippen LogP contribution is -2.30. The summed E-state index contributed by atoms with van der Waals surface area (Å²) in [5, 5.41) is 2.65. The summed E-state index contributed by atoms with van der Waals surface area (Å²) in [6, 6.07) is 3.85. The van der Waals surface area contributed by atoms with E-state index < -0.39 is 18.4 Å². The largest absolute Gasteiger partial charge is 0.452 e. The maximum absolute atomic E-state index is 13.4. The Morgan fingerprint density at radius 1 is 1.44 bits per heavy atom. The molecule has 96 valence electrons. The molecule has 0 saturated heterocycles. The normalized spacial score (nSPS) is 14.1. The van der Waals surface area contributed by atoms with E-state index >= 15 is 0 Å². The molecule has 0 atom stereocenters. The second kappa shape index (κ2) is 5.03. The van der Waals surface area contributed by atoms with Gasteiger partial charge in [0.15, 0.2) is 6.61 Å². The second-order valence-corrected chi connectivity index (χ2v) is 4.16. The highest BCUT2D eigenvalue weighted by molar-refractivity contribution is 5.92. The number of carbonyl (C=O) groups is 2. The highest BCUT2D eigenvalue weighted by Crippen LogP contribution is 2.18. The molecule has 1 fully saturated rings. The van der Waals surface area contributed by atoms with E-state index in [2.05, 4.69) is 5.32 Å². The Labute approximate surface area is 103 Å². The van der Waals surface area contributed by atoms with Crippen molar-refractivity contribution in [2.45, 2.75) is 18.9 Å². The topological polar surface area (TPSA) is 81.4 Å². The SMILES string of the molecule is Nc1ccc(C(=O)OCC(=O)NC2CC2)c(F)c1. The first-order chi connectivity index (χ1) is 8.56. The number of anilines is 1. The van der Waals surface area contributed by atoms with Gasteiger partial charge in [0.2, 0.25) is 0 Å². The molecule has 5 nitrogen and oxygen atoms in total. The van der Waals surface area contributed by atoms with Crippen LogP contribution in [0.4, 0.5) is 10.1 Å². The molecule has 1 aliphatic rings. The maximum atomic E-state index is 13.4. The van der Waals surface area contributed by atoms with Gasteiger partial charge in [-0.2, -0.15) is 0 Å². The molecule has 0 spiro atoms. The number of amides is 1. The number of nitrogens with one attached hydrogen (secondary N) is 1. The van der Waals surface area contributed by atoms with Crippen molar-refractivity contribution in [1.82, 2.24) is 5.32 Å². The van der Waals surface area contributed by atoms with Gasteiger partial charge in [0.05, 0.1) is 5.56 Å². The number of benzene rings is 1. The number of halogens is 1. The van der Waals surface area contributed by atoms with E-state index in [4.69, 9.17) is 10.5 Å². The van der Waals surface area contributed by atoms with Crippen LogP contribution in [-0.2, 0) is 9.53 Å². The minimum atomic E-state index is -0.876. The van der Waals surface area contributed by atoms with E-state index in [-0.39, 0.29) is 23.2 Å². The van der Waals surface area contributed by atoms with Gasteiger partial charge in [-0.1, -0.05) is 0 Å². The van der Waals surface area contributed by atoms with Crippen LogP contribution in [0.15, 0.2) is 18.2 Å². The number of nitrogen functional groups attached to an aromatic ring is 1. The fourth-order valence-electron chi connectivity index (χ4n) is 1.40. The molecule has 3 N–H and O–H groups in total. The number of carbonyl (C=O) groups excluding carboxylic acids is 2. The van der Waals surface area contributed by atoms with Gasteiger partial charge in [-0.15, -0.1) is 0 Å². The lowest BCUT2D eigenvalue weighted by Gasteiger charge is -2.06. The zero-order valence-corrected chi connectivity index (χ0v) is 9.61. The Hall–Kier alpha value is -2.11. The lowest BCUT2D eigenvalue weighted by molar-refractivity contribution is -0.124. The lowest BCUT2D eigenvalue weighted by atomic mass is 10.2. The number of hydrogen-bond acceptors (Lipinski definition) is 4. The number of rotatable bonds is 4. The van der Waals surface area contributed by atoms with Crippen LogP contribution in [-0.4, -0.2) is 24.5 Å². The molecular formula is C12H13FN2O3. The fourth-order valence-corrected chi connectivity index (χ4v) is 1.40. The zero-order chi connectivity index (χ0) is 13.1. The van der Waals surface area contributed by atoms with Crippen LogP contribution in [0.3, 0.4) is 0 Å². The third-order valence-electron chi connectivity index (χ3n) is 2.49. The third kappa shape index (κ3) is 3.19. The van der Waals surface area contributed by atoms with Crippen LogP contribution < -0.4 is 11.1 Å². The van der Waals surface area contributed by atoms with Gasteiger partial charge in [0.25, 0.3) is 5.91 Å². The Morgan fingerprint density at radius 3 is 2.78 bits per heavy atom. The molecule has 2 rings (SSSR count). The van der Waals surface area contributed by atoms with Crippen molar-refractivity contribution in [3.05, 3.63) is 29.6 Å². The van der Waals surface area contributed by atoms with Gasteiger partial charge in [0, 0.05) is 11.7 Å². The molecule has 1 aromatic carbocycles. The van der Waals surface area contributed by atoms with Crippen LogP contribution in [0, 0.1) is 5.82 Å². The highest BCUT2D eigenvalue weighted by Gasteiger charge is 2.24. The van der Waals surface area contributed by atoms with Crippen LogP contribution in [0.1, 0.15) is 23.2 Å². The van der Waals surface area contributed by atoms with Crippen LogP contribution in [0.2, 0.25) is 0 Å². The molecule has 0 bridgehead atoms. The minimum absolute atomic E-state index is 0.199. The molecule has 18 heavy (non-hydrogen) atoms. The Kier molecular flexibility index (Phi) is 3.45. The van der Waals surface area contributed by atoms with Crippen molar-refractivity contribution >= 4 is 17.6 Å². The minimum Gasteiger partial charge on any atom is -0.452 e. The van der Waals surface area contributed by atoms with E-state index in [0.29, 0.717) is 0 Å². The molecule has 0 heterocycles. The van der Waals surface area contributed by atoms with Crippen molar-refractivity contribution in [2.75, 3.05) is 12.3 Å². The quantitative estimate of drug-likeness (QED) is 0.614. The Balaban J connectivity index is 1.88. The maximum Gasteiger partial charge on any atom is 0.341 e. The molecule has 0 aromatic heterocycles. The van der Waals surface area contributed by atoms with Gasteiger partial charge in [-0.3, -0.25) is 4.79 Å². The van der Waals surface area contributed by atoms with Crippen LogP contribution in [0.25, 0.3) is 0 Å². The number of esters is 1. The van der Waals surface area contributed by atoms with Crippen LogP contribution in [0.5, 0.6) is 0 Å². The van der Waals surface area contributed by atoms with Gasteiger partial charge >= 0.3 is 5.97 Å². The molecule has 0 unspecified atom stereocenters. The first kappa shape index (κ1) is 12.3. The third-order valence-corrected chi connectivity index (χ3v) is 2.49. The average Bonchev–Trinajstić information content (AvgIpc) is 3.10. The van der Waals surface area contributed by atoms with Crippen LogP contribution >= 0.6 is 0 Å². The van der Waals surface area contributed by atoms with Gasteiger partial charge < -0.3 is 15.8 Å². The summed E-state index contributed by atoms with van der Waals surface area (Å²) in [5.41, 5.74) is 5.34. The Bertz CT molecular complexity index is 486. The number of nitrogens with two attached hydrogens (primary N) is 1. The Morgan fingerprint density at radius 2 is 2.17 bits per heavy atom. The molecule has 1 amide bonds. The van der Waals surface area contributed by atoms with Gasteiger partial charge in [-0.25, -0.2) is 9.18 Å². The number of ether oxygens (including phenoxy) is 1. The molecule has 6 heteroatoms. The summed E-state index contributed by atoms with van der Waals surface area (Å²) < 4.78 is 18.1. The van der Waals surface area contributed by atoms with Crippen molar-refractivity contribution in [3.8, 4) is 0 Å². The summed E-state index contributed by atoms with van der Waals surface area (Å²) in [5.74, 6) is -2.01. The summed E-state index contributed by atoms with van der Waals surface area (Å²) in [4.78, 5) is 22.8. The summed E-state index contributed by atoms with van der Waals surface area (Å²) in [7, 11) is 0. The number of hydrogen-bond donors (Lipinski definition) is 2. The van der Waals surface area contributed by atoms with Gasteiger partial charge in [-0.05, 0) is 31.0 Å². The van der Waals surface area contributed by atoms with Crippen molar-refractivity contribution in [2.24, 2.45) is 0 Å². The van der Waals surface area contributed by atoms with E-state index in [1.165, 1.54) is 12.1 Å². The predicted octanol–water partition coefficient (Wildman–Crippen LogP) is 0.843. The molecule has 0 radical (unpaired) electrons. The summed E-state index contributed by atoms with van der Waals surface area (Å²) >= 11 is 0. The zero-order valence-electron chi connectivity index (χ0n) is 9.61. The van der Waals surface area contributed by atoms with Crippen molar-refractivity contribution in [1.29, 1.82) is 0 Å². The summed E-state index contributed by atoms with van der Waals surface area (Å²) in [6.07, 6.45) is 1.90. The van der Waals surface area contributed by atoms with Crippen molar-refractivity contribution < 1.29 is 18.7 Å². The first-order valence-electron chi connectivity index (χ1n) is 5.58.